The van der Waals surface area contributed by atoms with Crippen molar-refractivity contribution in [3.63, 3.8) is 0 Å². The van der Waals surface area contributed by atoms with E-state index in [0.717, 1.165) is 41.3 Å². The largest absolute Gasteiger partial charge is 0.255 e. The summed E-state index contributed by atoms with van der Waals surface area (Å²) in [6.07, 6.45) is 6.19. The lowest BCUT2D eigenvalue weighted by Gasteiger charge is -2.21. The van der Waals surface area contributed by atoms with Crippen molar-refractivity contribution < 1.29 is 8.42 Å². The van der Waals surface area contributed by atoms with E-state index in [4.69, 9.17) is 0 Å². The Kier molecular flexibility index (Phi) is 6.48. The third-order valence-electron chi connectivity index (χ3n) is 6.88. The van der Waals surface area contributed by atoms with Gasteiger partial charge < -0.3 is 0 Å². The van der Waals surface area contributed by atoms with Gasteiger partial charge in [-0.05, 0) is 47.1 Å². The monoisotopic (exact) mass is 470 g/mol. The molecule has 5 rings (SSSR count). The SMILES string of the molecule is CCCC[C@@H]1C[C@H]1C(NS(=O)(=O)c1cccc2cccnc12)c1ccc(-c2ccccc2)cc1. The highest BCUT2D eigenvalue weighted by Gasteiger charge is 2.44. The molecule has 0 amide bonds. The van der Waals surface area contributed by atoms with Gasteiger partial charge >= 0.3 is 0 Å². The second-order valence-electron chi connectivity index (χ2n) is 9.22. The number of fused-ring (bicyclic) bond motifs is 1. The average Bonchev–Trinajstić information content (AvgIpc) is 3.66. The van der Waals surface area contributed by atoms with Crippen LogP contribution in [0.25, 0.3) is 22.0 Å². The van der Waals surface area contributed by atoms with E-state index in [9.17, 15) is 8.42 Å². The minimum absolute atomic E-state index is 0.238. The van der Waals surface area contributed by atoms with Crippen LogP contribution >= 0.6 is 0 Å². The number of hydrogen-bond acceptors (Lipinski definition) is 3. The summed E-state index contributed by atoms with van der Waals surface area (Å²) in [7, 11) is -3.76. The zero-order valence-corrected chi connectivity index (χ0v) is 20.2. The molecule has 1 aliphatic rings. The molecule has 0 bridgehead atoms. The highest BCUT2D eigenvalue weighted by molar-refractivity contribution is 7.89. The normalized spacial score (nSPS) is 18.6. The second kappa shape index (κ2) is 9.69. The lowest BCUT2D eigenvalue weighted by atomic mass is 9.97. The molecule has 4 aromatic rings. The summed E-state index contributed by atoms with van der Waals surface area (Å²) in [5, 5.41) is 0.821. The molecule has 174 valence electrons. The average molecular weight is 471 g/mol. The van der Waals surface area contributed by atoms with Crippen LogP contribution in [0, 0.1) is 11.8 Å². The topological polar surface area (TPSA) is 59.1 Å². The van der Waals surface area contributed by atoms with E-state index in [2.05, 4.69) is 53.0 Å². The third kappa shape index (κ3) is 4.77. The molecule has 0 radical (unpaired) electrons. The molecule has 1 aromatic heterocycles. The number of nitrogens with one attached hydrogen (secondary N) is 1. The first kappa shape index (κ1) is 22.8. The second-order valence-corrected chi connectivity index (χ2v) is 10.9. The molecule has 1 unspecified atom stereocenters. The molecular formula is C29H30N2O2S. The van der Waals surface area contributed by atoms with E-state index < -0.39 is 10.0 Å². The number of pyridine rings is 1. The Hall–Kier alpha value is -3.02. The van der Waals surface area contributed by atoms with Crippen molar-refractivity contribution in [2.75, 3.05) is 0 Å². The van der Waals surface area contributed by atoms with E-state index in [-0.39, 0.29) is 10.9 Å². The highest BCUT2D eigenvalue weighted by Crippen LogP contribution is 2.50. The molecule has 1 aliphatic carbocycles. The van der Waals surface area contributed by atoms with Crippen molar-refractivity contribution in [3.8, 4) is 11.1 Å². The summed E-state index contributed by atoms with van der Waals surface area (Å²) >= 11 is 0. The molecule has 1 N–H and O–H groups in total. The summed E-state index contributed by atoms with van der Waals surface area (Å²) in [6.45, 7) is 2.20. The number of unbranched alkanes of at least 4 members (excludes halogenated alkanes) is 1. The van der Waals surface area contributed by atoms with Crippen molar-refractivity contribution in [2.45, 2.75) is 43.5 Å². The highest BCUT2D eigenvalue weighted by atomic mass is 32.2. The summed E-state index contributed by atoms with van der Waals surface area (Å²) in [4.78, 5) is 4.61. The number of sulfonamides is 1. The van der Waals surface area contributed by atoms with Crippen LogP contribution in [0.3, 0.4) is 0 Å². The Balaban J connectivity index is 1.47. The molecule has 1 heterocycles. The van der Waals surface area contributed by atoms with Gasteiger partial charge in [0.2, 0.25) is 10.0 Å². The van der Waals surface area contributed by atoms with Crippen LogP contribution in [0.1, 0.15) is 44.2 Å². The number of hydrogen-bond donors (Lipinski definition) is 1. The van der Waals surface area contributed by atoms with Crippen molar-refractivity contribution in [1.82, 2.24) is 9.71 Å². The van der Waals surface area contributed by atoms with Gasteiger partial charge in [-0.2, -0.15) is 0 Å². The van der Waals surface area contributed by atoms with Crippen molar-refractivity contribution in [3.05, 3.63) is 96.7 Å². The molecule has 4 nitrogen and oxygen atoms in total. The van der Waals surface area contributed by atoms with Gasteiger partial charge in [0.1, 0.15) is 4.90 Å². The van der Waals surface area contributed by atoms with Gasteiger partial charge in [0.15, 0.2) is 0 Å². The molecule has 3 aromatic carbocycles. The smallest absolute Gasteiger partial charge is 0.243 e. The van der Waals surface area contributed by atoms with Crippen LogP contribution in [-0.4, -0.2) is 13.4 Å². The van der Waals surface area contributed by atoms with Crippen molar-refractivity contribution in [2.24, 2.45) is 11.8 Å². The van der Waals surface area contributed by atoms with Crippen LogP contribution < -0.4 is 4.72 Å². The van der Waals surface area contributed by atoms with Gasteiger partial charge in [-0.3, -0.25) is 4.98 Å². The first-order valence-corrected chi connectivity index (χ1v) is 13.6. The van der Waals surface area contributed by atoms with Gasteiger partial charge in [0, 0.05) is 11.6 Å². The molecule has 0 aliphatic heterocycles. The van der Waals surface area contributed by atoms with E-state index >= 15 is 0 Å². The fourth-order valence-corrected chi connectivity index (χ4v) is 6.37. The first-order valence-electron chi connectivity index (χ1n) is 12.1. The van der Waals surface area contributed by atoms with E-state index in [0.29, 0.717) is 17.4 Å². The number of para-hydroxylation sites is 1. The minimum atomic E-state index is -3.76. The lowest BCUT2D eigenvalue weighted by Crippen LogP contribution is -2.30. The molecular weight excluding hydrogens is 440 g/mol. The Morgan fingerprint density at radius 3 is 2.41 bits per heavy atom. The Labute approximate surface area is 202 Å². The summed E-state index contributed by atoms with van der Waals surface area (Å²) in [5.41, 5.74) is 3.80. The minimum Gasteiger partial charge on any atom is -0.255 e. The zero-order valence-electron chi connectivity index (χ0n) is 19.4. The molecule has 1 fully saturated rings. The number of nitrogens with zero attached hydrogens (tertiary/aromatic N) is 1. The number of aromatic nitrogens is 1. The Morgan fingerprint density at radius 1 is 0.912 bits per heavy atom. The lowest BCUT2D eigenvalue weighted by molar-refractivity contribution is 0.491. The van der Waals surface area contributed by atoms with Gasteiger partial charge in [0.25, 0.3) is 0 Å². The van der Waals surface area contributed by atoms with Crippen LogP contribution in [0.2, 0.25) is 0 Å². The Morgan fingerprint density at radius 2 is 1.65 bits per heavy atom. The molecule has 0 saturated heterocycles. The first-order chi connectivity index (χ1) is 16.6. The predicted octanol–water partition coefficient (Wildman–Crippen LogP) is 6.75. The van der Waals surface area contributed by atoms with E-state index in [1.54, 1.807) is 18.3 Å². The van der Waals surface area contributed by atoms with Crippen LogP contribution in [0.4, 0.5) is 0 Å². The fraction of sp³-hybridized carbons (Fsp3) is 0.276. The standard InChI is InChI=1S/C29H30N2O2S/c1-2-3-9-25-20-26(25)28(24-17-15-22(16-18-24)21-10-5-4-6-11-21)31-34(32,33)27-14-7-12-23-13-8-19-30-29(23)27/h4-8,10-19,25-26,28,31H,2-3,9,20H2,1H3/t25-,26-,28?/m1/s1. The third-order valence-corrected chi connectivity index (χ3v) is 8.35. The maximum atomic E-state index is 13.6. The molecule has 1 saturated carbocycles. The van der Waals surface area contributed by atoms with Crippen LogP contribution in [0.15, 0.2) is 96.0 Å². The quantitative estimate of drug-likeness (QED) is 0.294. The fourth-order valence-electron chi connectivity index (χ4n) is 4.92. The van der Waals surface area contributed by atoms with E-state index in [1.165, 1.54) is 6.42 Å². The van der Waals surface area contributed by atoms with Crippen LogP contribution in [0.5, 0.6) is 0 Å². The zero-order chi connectivity index (χ0) is 23.5. The molecule has 0 spiro atoms. The summed E-state index contributed by atoms with van der Waals surface area (Å²) in [5.74, 6) is 0.874. The van der Waals surface area contributed by atoms with Crippen molar-refractivity contribution in [1.29, 1.82) is 0 Å². The molecule has 34 heavy (non-hydrogen) atoms. The van der Waals surface area contributed by atoms with Gasteiger partial charge in [-0.25, -0.2) is 13.1 Å². The van der Waals surface area contributed by atoms with Gasteiger partial charge in [-0.1, -0.05) is 99.0 Å². The van der Waals surface area contributed by atoms with Gasteiger partial charge in [0.05, 0.1) is 11.6 Å². The maximum Gasteiger partial charge on any atom is 0.243 e. The summed E-state index contributed by atoms with van der Waals surface area (Å²) in [6, 6.07) is 27.4. The Bertz CT molecular complexity index is 1360. The van der Waals surface area contributed by atoms with E-state index in [1.807, 2.05) is 36.4 Å². The maximum absolute atomic E-state index is 13.6. The van der Waals surface area contributed by atoms with Crippen molar-refractivity contribution >= 4 is 20.9 Å². The number of rotatable bonds is 9. The van der Waals surface area contributed by atoms with Gasteiger partial charge in [-0.15, -0.1) is 0 Å². The van der Waals surface area contributed by atoms with Crippen LogP contribution in [-0.2, 0) is 10.0 Å². The molecule has 5 heteroatoms. The summed E-state index contributed by atoms with van der Waals surface area (Å²) < 4.78 is 30.3. The number of benzene rings is 3. The molecule has 3 atom stereocenters. The predicted molar refractivity (Wildman–Crippen MR) is 138 cm³/mol.